The molecule has 0 fully saturated rings. The molecule has 5 heteroatoms. The number of benzene rings is 1. The Morgan fingerprint density at radius 3 is 2.88 bits per heavy atom. The number of carboxylic acids is 1. The van der Waals surface area contributed by atoms with Gasteiger partial charge in [-0.25, -0.2) is 0 Å². The van der Waals surface area contributed by atoms with Crippen LogP contribution in [0.2, 0.25) is 5.02 Å². The zero-order valence-corrected chi connectivity index (χ0v) is 10.2. The number of halogens is 1. The lowest BCUT2D eigenvalue weighted by molar-refractivity contribution is -0.137. The maximum Gasteiger partial charge on any atom is 0.303 e. The summed E-state index contributed by atoms with van der Waals surface area (Å²) in [6, 6.07) is 7.28. The highest BCUT2D eigenvalue weighted by molar-refractivity contribution is 6.32. The number of hydrogen-bond donors (Lipinski definition) is 1. The summed E-state index contributed by atoms with van der Waals surface area (Å²) in [5.74, 6) is -0.815. The monoisotopic (exact) mass is 252 g/mol. The minimum atomic E-state index is -0.815. The number of anilines is 1. The first-order valence-corrected chi connectivity index (χ1v) is 5.55. The van der Waals surface area contributed by atoms with Crippen molar-refractivity contribution >= 4 is 23.3 Å². The number of aliphatic carboxylic acids is 1. The Morgan fingerprint density at radius 1 is 1.59 bits per heavy atom. The van der Waals surface area contributed by atoms with Gasteiger partial charge < -0.3 is 10.0 Å². The highest BCUT2D eigenvalue weighted by Gasteiger charge is 2.10. The van der Waals surface area contributed by atoms with E-state index in [2.05, 4.69) is 6.07 Å². The van der Waals surface area contributed by atoms with Crippen molar-refractivity contribution in [1.82, 2.24) is 0 Å². The van der Waals surface area contributed by atoms with Gasteiger partial charge in [0.05, 0.1) is 16.3 Å². The average Bonchev–Trinajstić information content (AvgIpc) is 2.28. The zero-order chi connectivity index (χ0) is 12.8. The summed E-state index contributed by atoms with van der Waals surface area (Å²) in [7, 11) is 1.81. The standard InChI is InChI=1S/C12H13ClN2O2/c1-15(7-3-6-12(16)17)11-5-2-4-10(13)9(11)8-14/h2,4-5H,3,6-7H2,1H3,(H,16,17). The molecule has 0 bridgehead atoms. The molecule has 0 saturated carbocycles. The molecule has 4 nitrogen and oxygen atoms in total. The lowest BCUT2D eigenvalue weighted by Crippen LogP contribution is -2.20. The molecule has 90 valence electrons. The first-order valence-electron chi connectivity index (χ1n) is 5.17. The fourth-order valence-electron chi connectivity index (χ4n) is 1.53. The van der Waals surface area contributed by atoms with E-state index in [-0.39, 0.29) is 6.42 Å². The van der Waals surface area contributed by atoms with E-state index in [9.17, 15) is 4.79 Å². The van der Waals surface area contributed by atoms with Crippen LogP contribution in [0, 0.1) is 11.3 Å². The molecule has 0 saturated heterocycles. The smallest absolute Gasteiger partial charge is 0.303 e. The van der Waals surface area contributed by atoms with Crippen molar-refractivity contribution in [3.8, 4) is 6.07 Å². The van der Waals surface area contributed by atoms with Crippen LogP contribution in [0.3, 0.4) is 0 Å². The summed E-state index contributed by atoms with van der Waals surface area (Å²) in [5, 5.41) is 18.0. The van der Waals surface area contributed by atoms with E-state index >= 15 is 0 Å². The molecule has 17 heavy (non-hydrogen) atoms. The Kier molecular flexibility index (Phi) is 4.80. The summed E-state index contributed by atoms with van der Waals surface area (Å²) >= 11 is 5.91. The van der Waals surface area contributed by atoms with Crippen LogP contribution in [0.4, 0.5) is 5.69 Å². The van der Waals surface area contributed by atoms with Crippen LogP contribution in [-0.2, 0) is 4.79 Å². The lowest BCUT2D eigenvalue weighted by atomic mass is 10.1. The predicted octanol–water partition coefficient (Wildman–Crippen LogP) is 2.51. The van der Waals surface area contributed by atoms with Crippen LogP contribution < -0.4 is 4.90 Å². The average molecular weight is 253 g/mol. The second-order valence-electron chi connectivity index (χ2n) is 3.66. The Balaban J connectivity index is 2.75. The van der Waals surface area contributed by atoms with Crippen LogP contribution in [-0.4, -0.2) is 24.7 Å². The minimum absolute atomic E-state index is 0.118. The topological polar surface area (TPSA) is 64.3 Å². The zero-order valence-electron chi connectivity index (χ0n) is 9.48. The highest BCUT2D eigenvalue weighted by Crippen LogP contribution is 2.25. The van der Waals surface area contributed by atoms with E-state index in [1.807, 2.05) is 11.9 Å². The van der Waals surface area contributed by atoms with Crippen LogP contribution in [0.15, 0.2) is 18.2 Å². The maximum absolute atomic E-state index is 10.4. The Hall–Kier alpha value is -1.73. The molecule has 1 aromatic carbocycles. The number of carbonyl (C=O) groups is 1. The molecule has 0 aliphatic carbocycles. The predicted molar refractivity (Wildman–Crippen MR) is 66.3 cm³/mol. The van der Waals surface area contributed by atoms with Crippen molar-refractivity contribution in [2.24, 2.45) is 0 Å². The molecule has 0 aliphatic rings. The molecule has 0 atom stereocenters. The van der Waals surface area contributed by atoms with Gasteiger partial charge in [0.2, 0.25) is 0 Å². The number of rotatable bonds is 5. The molecule has 0 unspecified atom stereocenters. The fourth-order valence-corrected chi connectivity index (χ4v) is 1.74. The summed E-state index contributed by atoms with van der Waals surface area (Å²) < 4.78 is 0. The quantitative estimate of drug-likeness (QED) is 0.875. The van der Waals surface area contributed by atoms with E-state index in [0.717, 1.165) is 5.69 Å². The summed E-state index contributed by atoms with van der Waals surface area (Å²) in [6.45, 7) is 0.571. The van der Waals surface area contributed by atoms with E-state index in [4.69, 9.17) is 22.0 Å². The molecule has 0 heterocycles. The molecular formula is C12H13ClN2O2. The minimum Gasteiger partial charge on any atom is -0.481 e. The Morgan fingerprint density at radius 2 is 2.29 bits per heavy atom. The Bertz CT molecular complexity index is 454. The van der Waals surface area contributed by atoms with Crippen molar-refractivity contribution in [3.05, 3.63) is 28.8 Å². The summed E-state index contributed by atoms with van der Waals surface area (Å²) in [4.78, 5) is 12.2. The maximum atomic E-state index is 10.4. The van der Waals surface area contributed by atoms with Gasteiger partial charge in [0.25, 0.3) is 0 Å². The third-order valence-electron chi connectivity index (χ3n) is 2.40. The molecule has 0 aliphatic heterocycles. The SMILES string of the molecule is CN(CCCC(=O)O)c1cccc(Cl)c1C#N. The van der Waals surface area contributed by atoms with E-state index in [0.29, 0.717) is 23.6 Å². The number of nitrogens with zero attached hydrogens (tertiary/aromatic N) is 2. The number of nitriles is 1. The van der Waals surface area contributed by atoms with Crippen molar-refractivity contribution < 1.29 is 9.90 Å². The van der Waals surface area contributed by atoms with Gasteiger partial charge in [0.1, 0.15) is 6.07 Å². The largest absolute Gasteiger partial charge is 0.481 e. The first-order chi connectivity index (χ1) is 8.06. The molecular weight excluding hydrogens is 240 g/mol. The van der Waals surface area contributed by atoms with Crippen LogP contribution >= 0.6 is 11.6 Å². The Labute approximate surface area is 105 Å². The van der Waals surface area contributed by atoms with Crippen molar-refractivity contribution in [3.63, 3.8) is 0 Å². The number of hydrogen-bond acceptors (Lipinski definition) is 3. The van der Waals surface area contributed by atoms with Gasteiger partial charge in [-0.05, 0) is 18.6 Å². The van der Waals surface area contributed by atoms with Gasteiger partial charge >= 0.3 is 5.97 Å². The third-order valence-corrected chi connectivity index (χ3v) is 2.71. The van der Waals surface area contributed by atoms with Gasteiger partial charge in [-0.3, -0.25) is 4.79 Å². The molecule has 1 N–H and O–H groups in total. The molecule has 1 rings (SSSR count). The van der Waals surface area contributed by atoms with E-state index < -0.39 is 5.97 Å². The van der Waals surface area contributed by atoms with Crippen molar-refractivity contribution in [2.45, 2.75) is 12.8 Å². The second-order valence-corrected chi connectivity index (χ2v) is 4.07. The van der Waals surface area contributed by atoms with Gasteiger partial charge in [-0.2, -0.15) is 5.26 Å². The van der Waals surface area contributed by atoms with Crippen LogP contribution in [0.5, 0.6) is 0 Å². The van der Waals surface area contributed by atoms with Crippen molar-refractivity contribution in [2.75, 3.05) is 18.5 Å². The van der Waals surface area contributed by atoms with Gasteiger partial charge in [0.15, 0.2) is 0 Å². The molecule has 0 spiro atoms. The van der Waals surface area contributed by atoms with Gasteiger partial charge in [-0.1, -0.05) is 17.7 Å². The second kappa shape index (κ2) is 6.12. The summed E-state index contributed by atoms with van der Waals surface area (Å²) in [6.07, 6.45) is 0.649. The normalized spacial score (nSPS) is 9.71. The third kappa shape index (κ3) is 3.65. The van der Waals surface area contributed by atoms with Crippen LogP contribution in [0.1, 0.15) is 18.4 Å². The number of carboxylic acid groups (broad SMARTS) is 1. The first kappa shape index (κ1) is 13.3. The highest BCUT2D eigenvalue weighted by atomic mass is 35.5. The van der Waals surface area contributed by atoms with Gasteiger partial charge in [-0.15, -0.1) is 0 Å². The summed E-state index contributed by atoms with van der Waals surface area (Å²) in [5.41, 5.74) is 1.15. The molecule has 0 amide bonds. The van der Waals surface area contributed by atoms with Gasteiger partial charge in [0, 0.05) is 20.0 Å². The van der Waals surface area contributed by atoms with E-state index in [1.165, 1.54) is 0 Å². The molecule has 0 aromatic heterocycles. The molecule has 0 radical (unpaired) electrons. The molecule has 1 aromatic rings. The van der Waals surface area contributed by atoms with Crippen LogP contribution in [0.25, 0.3) is 0 Å². The van der Waals surface area contributed by atoms with E-state index in [1.54, 1.807) is 18.2 Å². The fraction of sp³-hybridized carbons (Fsp3) is 0.333. The lowest BCUT2D eigenvalue weighted by Gasteiger charge is -2.20. The van der Waals surface area contributed by atoms with Crippen molar-refractivity contribution in [1.29, 1.82) is 5.26 Å².